The summed E-state index contributed by atoms with van der Waals surface area (Å²) in [6.45, 7) is 3.75. The number of hydrogen-bond acceptors (Lipinski definition) is 4. The molecule has 0 saturated carbocycles. The van der Waals surface area contributed by atoms with E-state index in [4.69, 9.17) is 5.11 Å². The fourth-order valence-corrected chi connectivity index (χ4v) is 0.805. The maximum Gasteiger partial charge on any atom is 0.257 e. The van der Waals surface area contributed by atoms with E-state index in [0.29, 0.717) is 5.69 Å². The van der Waals surface area contributed by atoms with Crippen LogP contribution in [-0.2, 0) is 0 Å². The third-order valence-corrected chi connectivity index (χ3v) is 1.38. The lowest BCUT2D eigenvalue weighted by Crippen LogP contribution is -1.93. The topological polar surface area (TPSA) is 66.2 Å². The van der Waals surface area contributed by atoms with Gasteiger partial charge in [-0.3, -0.25) is 0 Å². The largest absolute Gasteiger partial charge is 0.502 e. The van der Waals surface area contributed by atoms with Crippen molar-refractivity contribution in [1.29, 1.82) is 0 Å². The van der Waals surface area contributed by atoms with E-state index < -0.39 is 0 Å². The summed E-state index contributed by atoms with van der Waals surface area (Å²) < 4.78 is 0. The minimum absolute atomic E-state index is 0.0869. The first-order chi connectivity index (χ1) is 5.13. The molecule has 0 unspecified atom stereocenters. The van der Waals surface area contributed by atoms with Gasteiger partial charge in [-0.2, -0.15) is 4.98 Å². The van der Waals surface area contributed by atoms with Crippen molar-refractivity contribution in [3.63, 3.8) is 0 Å². The Kier molecular flexibility index (Phi) is 1.94. The highest BCUT2D eigenvalue weighted by Gasteiger charge is 2.11. The Bertz CT molecular complexity index is 261. The molecule has 4 heteroatoms. The van der Waals surface area contributed by atoms with Gasteiger partial charge in [-0.1, -0.05) is 13.8 Å². The SMILES string of the molecule is CC(C)c1ncnc(O)c1O. The first-order valence-corrected chi connectivity index (χ1v) is 3.35. The van der Waals surface area contributed by atoms with Crippen molar-refractivity contribution >= 4 is 0 Å². The third kappa shape index (κ3) is 1.39. The minimum atomic E-state index is -0.358. The molecule has 0 amide bonds. The highest BCUT2D eigenvalue weighted by Crippen LogP contribution is 2.28. The summed E-state index contributed by atoms with van der Waals surface area (Å²) in [5, 5.41) is 18.1. The predicted molar refractivity (Wildman–Crippen MR) is 39.5 cm³/mol. The molecule has 0 saturated heterocycles. The van der Waals surface area contributed by atoms with Gasteiger partial charge in [0.1, 0.15) is 6.33 Å². The average molecular weight is 154 g/mol. The molecular weight excluding hydrogens is 144 g/mol. The number of aromatic hydroxyl groups is 2. The van der Waals surface area contributed by atoms with Gasteiger partial charge in [-0.05, 0) is 5.92 Å². The van der Waals surface area contributed by atoms with Gasteiger partial charge in [0.2, 0.25) is 5.75 Å². The number of aromatic nitrogens is 2. The summed E-state index contributed by atoms with van der Waals surface area (Å²) in [4.78, 5) is 7.23. The van der Waals surface area contributed by atoms with Crippen LogP contribution in [0.5, 0.6) is 11.6 Å². The molecule has 0 aliphatic heterocycles. The van der Waals surface area contributed by atoms with E-state index in [1.807, 2.05) is 13.8 Å². The van der Waals surface area contributed by atoms with E-state index in [9.17, 15) is 5.11 Å². The molecule has 0 radical (unpaired) electrons. The molecule has 4 nitrogen and oxygen atoms in total. The molecule has 1 rings (SSSR count). The summed E-state index contributed by atoms with van der Waals surface area (Å²) in [6.07, 6.45) is 1.23. The van der Waals surface area contributed by atoms with Crippen LogP contribution in [0.25, 0.3) is 0 Å². The van der Waals surface area contributed by atoms with Crippen molar-refractivity contribution in [2.24, 2.45) is 0 Å². The van der Waals surface area contributed by atoms with Crippen LogP contribution >= 0.6 is 0 Å². The van der Waals surface area contributed by atoms with Crippen LogP contribution in [0.1, 0.15) is 25.5 Å². The van der Waals surface area contributed by atoms with Gasteiger partial charge in [-0.15, -0.1) is 0 Å². The van der Waals surface area contributed by atoms with Crippen molar-refractivity contribution in [3.8, 4) is 11.6 Å². The van der Waals surface area contributed by atoms with Crippen LogP contribution in [0.2, 0.25) is 0 Å². The Morgan fingerprint density at radius 2 is 1.91 bits per heavy atom. The second-order valence-corrected chi connectivity index (χ2v) is 2.59. The molecule has 1 aromatic heterocycles. The lowest BCUT2D eigenvalue weighted by atomic mass is 10.1. The van der Waals surface area contributed by atoms with E-state index in [1.165, 1.54) is 6.33 Å². The van der Waals surface area contributed by atoms with Gasteiger partial charge < -0.3 is 10.2 Å². The summed E-state index contributed by atoms with van der Waals surface area (Å²) in [5.74, 6) is -0.491. The standard InChI is InChI=1S/C7H10N2O2/c1-4(2)5-6(10)7(11)9-3-8-5/h3-4,10H,1-2H3,(H,8,9,11). The Morgan fingerprint density at radius 1 is 1.27 bits per heavy atom. The van der Waals surface area contributed by atoms with Crippen molar-refractivity contribution in [1.82, 2.24) is 9.97 Å². The molecule has 1 aromatic rings. The van der Waals surface area contributed by atoms with Crippen molar-refractivity contribution in [3.05, 3.63) is 12.0 Å². The molecule has 1 heterocycles. The maximum absolute atomic E-state index is 9.19. The van der Waals surface area contributed by atoms with E-state index in [0.717, 1.165) is 0 Å². The monoisotopic (exact) mass is 154 g/mol. The van der Waals surface area contributed by atoms with Crippen LogP contribution < -0.4 is 0 Å². The van der Waals surface area contributed by atoms with Gasteiger partial charge >= 0.3 is 0 Å². The molecule has 0 atom stereocenters. The summed E-state index contributed by atoms with van der Waals surface area (Å²) in [6, 6.07) is 0. The molecule has 0 fully saturated rings. The first kappa shape index (κ1) is 7.78. The van der Waals surface area contributed by atoms with Crippen molar-refractivity contribution in [2.75, 3.05) is 0 Å². The zero-order valence-electron chi connectivity index (χ0n) is 6.44. The Labute approximate surface area is 64.6 Å². The molecule has 0 aliphatic carbocycles. The fraction of sp³-hybridized carbons (Fsp3) is 0.429. The third-order valence-electron chi connectivity index (χ3n) is 1.38. The minimum Gasteiger partial charge on any atom is -0.502 e. The maximum atomic E-state index is 9.19. The number of rotatable bonds is 1. The van der Waals surface area contributed by atoms with Gasteiger partial charge in [-0.25, -0.2) is 4.98 Å². The van der Waals surface area contributed by atoms with Crippen LogP contribution in [0.3, 0.4) is 0 Å². The lowest BCUT2D eigenvalue weighted by molar-refractivity contribution is 0.378. The van der Waals surface area contributed by atoms with Gasteiger partial charge in [0, 0.05) is 0 Å². The molecule has 2 N–H and O–H groups in total. The highest BCUT2D eigenvalue weighted by molar-refractivity contribution is 5.35. The molecule has 0 aromatic carbocycles. The number of hydrogen-bond donors (Lipinski definition) is 2. The second-order valence-electron chi connectivity index (χ2n) is 2.59. The van der Waals surface area contributed by atoms with Crippen LogP contribution in [0, 0.1) is 0 Å². The summed E-state index contributed by atoms with van der Waals surface area (Å²) in [7, 11) is 0. The molecule has 0 aliphatic rings. The van der Waals surface area contributed by atoms with Gasteiger partial charge in [0.05, 0.1) is 5.69 Å². The Hall–Kier alpha value is -1.32. The lowest BCUT2D eigenvalue weighted by Gasteiger charge is -2.05. The van der Waals surface area contributed by atoms with E-state index in [1.54, 1.807) is 0 Å². The van der Waals surface area contributed by atoms with E-state index in [-0.39, 0.29) is 17.5 Å². The van der Waals surface area contributed by atoms with Crippen LogP contribution in [0.15, 0.2) is 6.33 Å². The zero-order chi connectivity index (χ0) is 8.43. The van der Waals surface area contributed by atoms with E-state index in [2.05, 4.69) is 9.97 Å². The second kappa shape index (κ2) is 2.74. The summed E-state index contributed by atoms with van der Waals surface area (Å²) >= 11 is 0. The highest BCUT2D eigenvalue weighted by atomic mass is 16.3. The fourth-order valence-electron chi connectivity index (χ4n) is 0.805. The predicted octanol–water partition coefficient (Wildman–Crippen LogP) is 1.01. The van der Waals surface area contributed by atoms with Crippen molar-refractivity contribution < 1.29 is 10.2 Å². The average Bonchev–Trinajstić information content (AvgIpc) is 1.94. The molecule has 11 heavy (non-hydrogen) atoms. The van der Waals surface area contributed by atoms with Crippen LogP contribution in [-0.4, -0.2) is 20.2 Å². The van der Waals surface area contributed by atoms with Crippen LogP contribution in [0.4, 0.5) is 0 Å². The normalized spacial score (nSPS) is 10.5. The molecule has 0 bridgehead atoms. The van der Waals surface area contributed by atoms with Crippen molar-refractivity contribution in [2.45, 2.75) is 19.8 Å². The van der Waals surface area contributed by atoms with Gasteiger partial charge in [0.15, 0.2) is 0 Å². The first-order valence-electron chi connectivity index (χ1n) is 3.35. The molecule has 0 spiro atoms. The summed E-state index contributed by atoms with van der Waals surface area (Å²) in [5.41, 5.74) is 0.470. The van der Waals surface area contributed by atoms with E-state index >= 15 is 0 Å². The quantitative estimate of drug-likeness (QED) is 0.633. The smallest absolute Gasteiger partial charge is 0.257 e. The zero-order valence-corrected chi connectivity index (χ0v) is 6.44. The number of nitrogens with zero attached hydrogens (tertiary/aromatic N) is 2. The molecular formula is C7H10N2O2. The van der Waals surface area contributed by atoms with Gasteiger partial charge in [0.25, 0.3) is 5.88 Å². The Morgan fingerprint density at radius 3 is 2.36 bits per heavy atom. The Balaban J connectivity index is 3.17. The molecule has 60 valence electrons.